The summed E-state index contributed by atoms with van der Waals surface area (Å²) in [7, 11) is 4.05. The zero-order valence-electron chi connectivity index (χ0n) is 28.7. The Labute approximate surface area is 295 Å². The molecule has 50 heavy (non-hydrogen) atoms. The second-order valence-corrected chi connectivity index (χ2v) is 13.8. The van der Waals surface area contributed by atoms with Crippen LogP contribution in [0.4, 0.5) is 11.4 Å². The Balaban J connectivity index is 1.44. The molecule has 0 heterocycles. The lowest BCUT2D eigenvalue weighted by molar-refractivity contribution is 0.406. The van der Waals surface area contributed by atoms with Gasteiger partial charge in [0.05, 0.1) is 0 Å². The van der Waals surface area contributed by atoms with Crippen LogP contribution in [0, 0.1) is 0 Å². The summed E-state index contributed by atoms with van der Waals surface area (Å²) in [6, 6.07) is 59.1. The van der Waals surface area contributed by atoms with Crippen LogP contribution in [0.2, 0.25) is 0 Å². The number of rotatable bonds is 7. The van der Waals surface area contributed by atoms with Gasteiger partial charge < -0.3 is 10.6 Å². The molecule has 0 saturated carbocycles. The number of allylic oxidation sites excluding steroid dienone is 1. The summed E-state index contributed by atoms with van der Waals surface area (Å²) < 4.78 is 0. The highest BCUT2D eigenvalue weighted by Crippen LogP contribution is 2.65. The maximum absolute atomic E-state index is 3.48. The zero-order valence-corrected chi connectivity index (χ0v) is 28.7. The average Bonchev–Trinajstić information content (AvgIpc) is 3.69. The highest BCUT2D eigenvalue weighted by Gasteiger charge is 2.55. The molecule has 0 aromatic heterocycles. The van der Waals surface area contributed by atoms with E-state index in [0.717, 1.165) is 11.4 Å². The fourth-order valence-corrected chi connectivity index (χ4v) is 9.36. The molecule has 2 aliphatic carbocycles. The third-order valence-electron chi connectivity index (χ3n) is 11.4. The monoisotopic (exact) mass is 644 g/mol. The minimum atomic E-state index is -0.506. The quantitative estimate of drug-likeness (QED) is 0.180. The minimum Gasteiger partial charge on any atom is -0.388 e. The van der Waals surface area contributed by atoms with E-state index < -0.39 is 5.41 Å². The summed E-state index contributed by atoms with van der Waals surface area (Å²) in [5.74, 6) is 0.0523. The zero-order chi connectivity index (χ0) is 33.8. The molecule has 0 fully saturated rings. The van der Waals surface area contributed by atoms with Crippen LogP contribution in [0.15, 0.2) is 163 Å². The van der Waals surface area contributed by atoms with Crippen LogP contribution in [0.3, 0.4) is 0 Å². The van der Waals surface area contributed by atoms with Crippen LogP contribution in [0.5, 0.6) is 0 Å². The SMILES string of the molecule is CNc1ccc2c(c1)C(C(c1ccccc1)(c1ccccc1)C1C(C)=Cc3cccc(-c4cccc5ccccc45)c31)c1cc(NC)ccc1-2. The van der Waals surface area contributed by atoms with E-state index in [1.807, 2.05) is 14.1 Å². The molecule has 1 unspecified atom stereocenters. The van der Waals surface area contributed by atoms with Gasteiger partial charge in [0.2, 0.25) is 0 Å². The van der Waals surface area contributed by atoms with Crippen molar-refractivity contribution in [2.24, 2.45) is 0 Å². The van der Waals surface area contributed by atoms with Gasteiger partial charge in [-0.25, -0.2) is 0 Å². The maximum atomic E-state index is 3.48. The van der Waals surface area contributed by atoms with Crippen LogP contribution >= 0.6 is 0 Å². The molecule has 0 saturated heterocycles. The molecule has 242 valence electrons. The standard InChI is InChI=1S/C48H40N2/c1-31-28-33-16-13-23-42(39-22-12-15-32-14-10-11-21-38(32)39)45(33)46(31)48(34-17-6-4-7-18-34,35-19-8-5-9-20-35)47-43-29-36(49-2)24-26-40(43)41-27-25-37(50-3)30-44(41)47/h4-30,46-47,49-50H,1-3H3. The van der Waals surface area contributed by atoms with Crippen LogP contribution in [-0.4, -0.2) is 14.1 Å². The molecule has 7 aromatic carbocycles. The van der Waals surface area contributed by atoms with Gasteiger partial charge in [0.1, 0.15) is 0 Å². The van der Waals surface area contributed by atoms with Crippen molar-refractivity contribution in [3.63, 3.8) is 0 Å². The van der Waals surface area contributed by atoms with E-state index in [2.05, 4.69) is 181 Å². The van der Waals surface area contributed by atoms with Crippen LogP contribution in [0.1, 0.15) is 52.1 Å². The van der Waals surface area contributed by atoms with E-state index in [0.29, 0.717) is 0 Å². The number of anilines is 2. The fraction of sp³-hybridized carbons (Fsp3) is 0.125. The topological polar surface area (TPSA) is 24.1 Å². The van der Waals surface area contributed by atoms with Gasteiger partial charge in [-0.05, 0) is 97.6 Å². The van der Waals surface area contributed by atoms with E-state index in [1.165, 1.54) is 72.0 Å². The van der Waals surface area contributed by atoms with Crippen molar-refractivity contribution in [2.75, 3.05) is 24.7 Å². The van der Waals surface area contributed by atoms with Gasteiger partial charge in [0.15, 0.2) is 0 Å². The van der Waals surface area contributed by atoms with Crippen molar-refractivity contribution in [1.82, 2.24) is 0 Å². The van der Waals surface area contributed by atoms with Crippen LogP contribution in [-0.2, 0) is 5.41 Å². The highest BCUT2D eigenvalue weighted by molar-refractivity contribution is 5.99. The molecule has 0 radical (unpaired) electrons. The predicted octanol–water partition coefficient (Wildman–Crippen LogP) is 11.9. The van der Waals surface area contributed by atoms with Crippen molar-refractivity contribution >= 4 is 28.2 Å². The van der Waals surface area contributed by atoms with Crippen molar-refractivity contribution in [2.45, 2.75) is 24.2 Å². The predicted molar refractivity (Wildman–Crippen MR) is 212 cm³/mol. The van der Waals surface area contributed by atoms with E-state index in [4.69, 9.17) is 0 Å². The Hall–Kier alpha value is -5.86. The molecule has 0 amide bonds. The Kier molecular flexibility index (Phi) is 7.21. The molecule has 2 aliphatic rings. The van der Waals surface area contributed by atoms with E-state index in [-0.39, 0.29) is 11.8 Å². The van der Waals surface area contributed by atoms with E-state index in [9.17, 15) is 0 Å². The normalized spacial score (nSPS) is 14.9. The summed E-state index contributed by atoms with van der Waals surface area (Å²) in [5.41, 5.74) is 16.4. The molecule has 1 atom stereocenters. The Morgan fingerprint density at radius 1 is 0.480 bits per heavy atom. The molecule has 9 rings (SSSR count). The molecular formula is C48H40N2. The molecule has 0 bridgehead atoms. The number of benzene rings is 7. The first kappa shape index (κ1) is 30.2. The van der Waals surface area contributed by atoms with Gasteiger partial charge in [-0.3, -0.25) is 0 Å². The van der Waals surface area contributed by atoms with E-state index in [1.54, 1.807) is 0 Å². The summed E-state index contributed by atoms with van der Waals surface area (Å²) in [6.45, 7) is 2.36. The third kappa shape index (κ3) is 4.41. The number of fused-ring (bicyclic) bond motifs is 5. The molecule has 2 heteroatoms. The number of hydrogen-bond acceptors (Lipinski definition) is 2. The first-order valence-corrected chi connectivity index (χ1v) is 17.7. The first-order chi connectivity index (χ1) is 24.6. The van der Waals surface area contributed by atoms with Gasteiger partial charge in [-0.2, -0.15) is 0 Å². The van der Waals surface area contributed by atoms with Gasteiger partial charge in [-0.1, -0.05) is 145 Å². The van der Waals surface area contributed by atoms with E-state index >= 15 is 0 Å². The van der Waals surface area contributed by atoms with Gasteiger partial charge in [0.25, 0.3) is 0 Å². The summed E-state index contributed by atoms with van der Waals surface area (Å²) in [5, 5.41) is 9.49. The largest absolute Gasteiger partial charge is 0.388 e. The molecular weight excluding hydrogens is 605 g/mol. The summed E-state index contributed by atoms with van der Waals surface area (Å²) >= 11 is 0. The Morgan fingerprint density at radius 2 is 1.02 bits per heavy atom. The molecule has 0 spiro atoms. The Morgan fingerprint density at radius 3 is 1.64 bits per heavy atom. The molecule has 2 N–H and O–H groups in total. The summed E-state index contributed by atoms with van der Waals surface area (Å²) in [4.78, 5) is 0. The summed E-state index contributed by atoms with van der Waals surface area (Å²) in [6.07, 6.45) is 2.46. The van der Waals surface area contributed by atoms with Gasteiger partial charge in [0, 0.05) is 42.7 Å². The van der Waals surface area contributed by atoms with Crippen LogP contribution in [0.25, 0.3) is 39.1 Å². The lowest BCUT2D eigenvalue weighted by atomic mass is 9.54. The Bertz CT molecular complexity index is 2320. The first-order valence-electron chi connectivity index (χ1n) is 17.7. The fourth-order valence-electron chi connectivity index (χ4n) is 9.36. The third-order valence-corrected chi connectivity index (χ3v) is 11.4. The number of nitrogens with one attached hydrogen (secondary N) is 2. The van der Waals surface area contributed by atoms with Crippen molar-refractivity contribution in [3.05, 3.63) is 197 Å². The maximum Gasteiger partial charge on any atom is 0.0418 e. The van der Waals surface area contributed by atoms with Crippen molar-refractivity contribution in [1.29, 1.82) is 0 Å². The lowest BCUT2D eigenvalue weighted by Crippen LogP contribution is -2.41. The van der Waals surface area contributed by atoms with Crippen LogP contribution < -0.4 is 10.6 Å². The van der Waals surface area contributed by atoms with Crippen molar-refractivity contribution in [3.8, 4) is 22.3 Å². The average molecular weight is 645 g/mol. The lowest BCUT2D eigenvalue weighted by Gasteiger charge is -2.48. The smallest absolute Gasteiger partial charge is 0.0418 e. The second-order valence-electron chi connectivity index (χ2n) is 13.8. The highest BCUT2D eigenvalue weighted by atomic mass is 14.8. The second kappa shape index (κ2) is 11.9. The van der Waals surface area contributed by atoms with Gasteiger partial charge in [-0.15, -0.1) is 0 Å². The van der Waals surface area contributed by atoms with Crippen molar-refractivity contribution < 1.29 is 0 Å². The molecule has 0 aliphatic heterocycles. The molecule has 7 aromatic rings. The minimum absolute atomic E-state index is 0.0128. The van der Waals surface area contributed by atoms with Gasteiger partial charge >= 0.3 is 0 Å². The number of hydrogen-bond donors (Lipinski definition) is 2. The molecule has 2 nitrogen and oxygen atoms in total.